The Morgan fingerprint density at radius 2 is 2.08 bits per heavy atom. The minimum Gasteiger partial charge on any atom is -0.440 e. The zero-order valence-electron chi connectivity index (χ0n) is 7.10. The molecule has 0 radical (unpaired) electrons. The summed E-state index contributed by atoms with van der Waals surface area (Å²) in [7, 11) is 1.44. The van der Waals surface area contributed by atoms with Crippen molar-refractivity contribution >= 4 is 6.09 Å². The lowest BCUT2D eigenvalue weighted by molar-refractivity contribution is -0.162. The maximum atomic E-state index is 11.6. The van der Waals surface area contributed by atoms with Crippen molar-refractivity contribution in [2.24, 2.45) is 0 Å². The molecule has 0 saturated heterocycles. The zero-order valence-corrected chi connectivity index (χ0v) is 7.10. The van der Waals surface area contributed by atoms with Gasteiger partial charge in [0.1, 0.15) is 0 Å². The summed E-state index contributed by atoms with van der Waals surface area (Å²) in [6.45, 7) is -1.51. The molecule has 0 aromatic rings. The fraction of sp³-hybridized carbons (Fsp3) is 0.857. The molecule has 0 aromatic heterocycles. The van der Waals surface area contributed by atoms with E-state index in [1.165, 1.54) is 11.9 Å². The molecule has 0 atom stereocenters. The SMILES string of the molecule is CN(C(=O)OCC(F)(F)F)C1CC1. The first-order valence-corrected chi connectivity index (χ1v) is 3.86. The standard InChI is InChI=1S/C7H10F3NO2/c1-11(5-2-3-5)6(12)13-4-7(8,9)10/h5H,2-4H2,1H3. The Balaban J connectivity index is 2.24. The molecule has 1 rings (SSSR count). The fourth-order valence-corrected chi connectivity index (χ4v) is 0.856. The molecular formula is C7H10F3NO2. The van der Waals surface area contributed by atoms with Gasteiger partial charge in [-0.1, -0.05) is 0 Å². The third kappa shape index (κ3) is 3.52. The number of rotatable bonds is 2. The van der Waals surface area contributed by atoms with Crippen LogP contribution in [0.15, 0.2) is 0 Å². The lowest BCUT2D eigenvalue weighted by Crippen LogP contribution is -2.32. The van der Waals surface area contributed by atoms with Crippen molar-refractivity contribution in [1.29, 1.82) is 0 Å². The van der Waals surface area contributed by atoms with E-state index >= 15 is 0 Å². The van der Waals surface area contributed by atoms with Gasteiger partial charge in [-0.25, -0.2) is 4.79 Å². The summed E-state index contributed by atoms with van der Waals surface area (Å²) in [6, 6.07) is 0.0701. The van der Waals surface area contributed by atoms with Crippen LogP contribution in [0.2, 0.25) is 0 Å². The smallest absolute Gasteiger partial charge is 0.422 e. The number of halogens is 3. The van der Waals surface area contributed by atoms with Crippen LogP contribution in [0.25, 0.3) is 0 Å². The number of hydrogen-bond acceptors (Lipinski definition) is 2. The summed E-state index contributed by atoms with van der Waals surface area (Å²) in [4.78, 5) is 12.1. The highest BCUT2D eigenvalue weighted by Crippen LogP contribution is 2.26. The summed E-state index contributed by atoms with van der Waals surface area (Å²) in [5.74, 6) is 0. The van der Waals surface area contributed by atoms with Gasteiger partial charge in [-0.3, -0.25) is 0 Å². The van der Waals surface area contributed by atoms with Gasteiger partial charge in [0.25, 0.3) is 0 Å². The van der Waals surface area contributed by atoms with Crippen LogP contribution in [0.4, 0.5) is 18.0 Å². The molecule has 1 aliphatic rings. The summed E-state index contributed by atoms with van der Waals surface area (Å²) >= 11 is 0. The summed E-state index contributed by atoms with van der Waals surface area (Å²) in [6.07, 6.45) is -3.66. The molecule has 1 aliphatic carbocycles. The lowest BCUT2D eigenvalue weighted by Gasteiger charge is -2.16. The Morgan fingerprint density at radius 1 is 1.54 bits per heavy atom. The fourth-order valence-electron chi connectivity index (χ4n) is 0.856. The van der Waals surface area contributed by atoms with E-state index < -0.39 is 18.9 Å². The Kier molecular flexibility index (Phi) is 2.68. The molecule has 6 heteroatoms. The number of hydrogen-bond donors (Lipinski definition) is 0. The molecule has 0 aromatic carbocycles. The average Bonchev–Trinajstić information content (AvgIpc) is 2.79. The second-order valence-electron chi connectivity index (χ2n) is 3.01. The van der Waals surface area contributed by atoms with Gasteiger partial charge in [-0.2, -0.15) is 13.2 Å². The lowest BCUT2D eigenvalue weighted by atomic mass is 10.6. The summed E-state index contributed by atoms with van der Waals surface area (Å²) < 4.78 is 38.8. The quantitative estimate of drug-likeness (QED) is 0.675. The first-order valence-electron chi connectivity index (χ1n) is 3.86. The van der Waals surface area contributed by atoms with Crippen LogP contribution in [-0.2, 0) is 4.74 Å². The minimum atomic E-state index is -4.44. The molecule has 0 heterocycles. The first-order chi connectivity index (χ1) is 5.90. The number of ether oxygens (including phenoxy) is 1. The van der Waals surface area contributed by atoms with Gasteiger partial charge in [-0.05, 0) is 12.8 Å². The number of amides is 1. The van der Waals surface area contributed by atoms with Gasteiger partial charge >= 0.3 is 12.3 Å². The van der Waals surface area contributed by atoms with Crippen molar-refractivity contribution in [3.63, 3.8) is 0 Å². The van der Waals surface area contributed by atoms with E-state index in [2.05, 4.69) is 4.74 Å². The molecule has 1 fully saturated rings. The summed E-state index contributed by atoms with van der Waals surface area (Å²) in [5.41, 5.74) is 0. The maximum Gasteiger partial charge on any atom is 0.422 e. The summed E-state index contributed by atoms with van der Waals surface area (Å²) in [5, 5.41) is 0. The van der Waals surface area contributed by atoms with E-state index in [0.29, 0.717) is 0 Å². The molecule has 0 aliphatic heterocycles. The highest BCUT2D eigenvalue weighted by molar-refractivity contribution is 5.68. The molecule has 0 N–H and O–H groups in total. The Hall–Kier alpha value is -0.940. The van der Waals surface area contributed by atoms with Gasteiger partial charge in [0.15, 0.2) is 6.61 Å². The number of carbonyl (C=O) groups is 1. The predicted molar refractivity (Wildman–Crippen MR) is 38.2 cm³/mol. The number of carbonyl (C=O) groups excluding carboxylic acids is 1. The van der Waals surface area contributed by atoms with Crippen molar-refractivity contribution in [1.82, 2.24) is 4.90 Å². The van der Waals surface area contributed by atoms with Crippen LogP contribution >= 0.6 is 0 Å². The molecule has 0 spiro atoms. The first kappa shape index (κ1) is 10.1. The molecule has 13 heavy (non-hydrogen) atoms. The Bertz CT molecular complexity index is 200. The second-order valence-corrected chi connectivity index (χ2v) is 3.01. The average molecular weight is 197 g/mol. The van der Waals surface area contributed by atoms with E-state index in [1.807, 2.05) is 0 Å². The number of nitrogens with zero attached hydrogens (tertiary/aromatic N) is 1. The van der Waals surface area contributed by atoms with Crippen LogP contribution in [0.5, 0.6) is 0 Å². The van der Waals surface area contributed by atoms with Crippen molar-refractivity contribution in [3.8, 4) is 0 Å². The van der Waals surface area contributed by atoms with Crippen LogP contribution in [0, 0.1) is 0 Å². The molecule has 0 bridgehead atoms. The predicted octanol–water partition coefficient (Wildman–Crippen LogP) is 1.78. The Labute approximate surface area is 73.5 Å². The van der Waals surface area contributed by atoms with Gasteiger partial charge in [0, 0.05) is 13.1 Å². The normalized spacial score (nSPS) is 16.9. The van der Waals surface area contributed by atoms with E-state index in [1.54, 1.807) is 0 Å². The van der Waals surface area contributed by atoms with Gasteiger partial charge in [-0.15, -0.1) is 0 Å². The van der Waals surface area contributed by atoms with E-state index in [9.17, 15) is 18.0 Å². The van der Waals surface area contributed by atoms with Gasteiger partial charge < -0.3 is 9.64 Å². The third-order valence-electron chi connectivity index (χ3n) is 1.74. The highest BCUT2D eigenvalue weighted by atomic mass is 19.4. The molecule has 76 valence electrons. The van der Waals surface area contributed by atoms with Gasteiger partial charge in [0.05, 0.1) is 0 Å². The van der Waals surface area contributed by atoms with Crippen LogP contribution in [-0.4, -0.2) is 36.9 Å². The van der Waals surface area contributed by atoms with Crippen molar-refractivity contribution in [3.05, 3.63) is 0 Å². The van der Waals surface area contributed by atoms with Crippen molar-refractivity contribution in [2.75, 3.05) is 13.7 Å². The highest BCUT2D eigenvalue weighted by Gasteiger charge is 2.34. The third-order valence-corrected chi connectivity index (χ3v) is 1.74. The largest absolute Gasteiger partial charge is 0.440 e. The van der Waals surface area contributed by atoms with E-state index in [-0.39, 0.29) is 6.04 Å². The monoisotopic (exact) mass is 197 g/mol. The second kappa shape index (κ2) is 3.43. The van der Waals surface area contributed by atoms with E-state index in [4.69, 9.17) is 0 Å². The van der Waals surface area contributed by atoms with Crippen LogP contribution < -0.4 is 0 Å². The molecule has 3 nitrogen and oxygen atoms in total. The number of alkyl halides is 3. The zero-order chi connectivity index (χ0) is 10.1. The van der Waals surface area contributed by atoms with Crippen LogP contribution in [0.3, 0.4) is 0 Å². The Morgan fingerprint density at radius 3 is 2.46 bits per heavy atom. The van der Waals surface area contributed by atoms with Crippen molar-refractivity contribution < 1.29 is 22.7 Å². The molecular weight excluding hydrogens is 187 g/mol. The van der Waals surface area contributed by atoms with Gasteiger partial charge in [0.2, 0.25) is 0 Å². The molecule has 1 saturated carbocycles. The maximum absolute atomic E-state index is 11.6. The minimum absolute atomic E-state index is 0.0701. The topological polar surface area (TPSA) is 29.5 Å². The molecule has 0 unspecified atom stereocenters. The van der Waals surface area contributed by atoms with Crippen LogP contribution in [0.1, 0.15) is 12.8 Å². The molecule has 1 amide bonds. The van der Waals surface area contributed by atoms with E-state index in [0.717, 1.165) is 12.8 Å². The van der Waals surface area contributed by atoms with Crippen molar-refractivity contribution in [2.45, 2.75) is 25.1 Å².